The summed E-state index contributed by atoms with van der Waals surface area (Å²) in [6.45, 7) is 0.545. The predicted molar refractivity (Wildman–Crippen MR) is 25.9 cm³/mol. The maximum absolute atomic E-state index is 9.86. The van der Waals surface area contributed by atoms with Crippen molar-refractivity contribution < 1.29 is 9.66 Å². The highest BCUT2D eigenvalue weighted by Gasteiger charge is 2.14. The van der Waals surface area contributed by atoms with Crippen LogP contribution in [0.5, 0.6) is 0 Å². The molecule has 1 rings (SSSR count). The third kappa shape index (κ3) is 0.840. The van der Waals surface area contributed by atoms with E-state index in [2.05, 4.69) is 4.74 Å². The van der Waals surface area contributed by atoms with Crippen LogP contribution in [0.3, 0.4) is 0 Å². The van der Waals surface area contributed by atoms with Gasteiger partial charge in [0.25, 0.3) is 5.70 Å². The van der Waals surface area contributed by atoms with Gasteiger partial charge in [0, 0.05) is 6.08 Å². The summed E-state index contributed by atoms with van der Waals surface area (Å²) in [4.78, 5) is 9.44. The van der Waals surface area contributed by atoms with E-state index in [1.165, 1.54) is 6.08 Å². The van der Waals surface area contributed by atoms with Gasteiger partial charge >= 0.3 is 0 Å². The van der Waals surface area contributed by atoms with Gasteiger partial charge in [-0.05, 0) is 0 Å². The Morgan fingerprint density at radius 1 is 1.88 bits per heavy atom. The second-order valence-corrected chi connectivity index (χ2v) is 1.47. The lowest BCUT2D eigenvalue weighted by molar-refractivity contribution is -0.427. The molecule has 4 nitrogen and oxygen atoms in total. The molecule has 4 heteroatoms. The molecule has 0 atom stereocenters. The van der Waals surface area contributed by atoms with Crippen LogP contribution in [0.4, 0.5) is 0 Å². The summed E-state index contributed by atoms with van der Waals surface area (Å²) in [5, 5.41) is 9.86. The first-order valence-corrected chi connectivity index (χ1v) is 2.22. The standard InChI is InChI=1S/C4H5NO3/c6-5(7)4-1-2-8-3-4/h1H,2-3H2. The number of ether oxygens (including phenoxy) is 1. The van der Waals surface area contributed by atoms with Gasteiger partial charge in [0.2, 0.25) is 0 Å². The minimum absolute atomic E-state index is 0.160. The van der Waals surface area contributed by atoms with E-state index in [9.17, 15) is 10.1 Å². The van der Waals surface area contributed by atoms with Crippen molar-refractivity contribution in [3.8, 4) is 0 Å². The average Bonchev–Trinajstić information content (AvgIpc) is 2.12. The number of rotatable bonds is 1. The zero-order valence-electron chi connectivity index (χ0n) is 4.16. The van der Waals surface area contributed by atoms with Crippen molar-refractivity contribution in [3.05, 3.63) is 21.9 Å². The summed E-state index contributed by atoms with van der Waals surface area (Å²) in [6.07, 6.45) is 1.47. The fraction of sp³-hybridized carbons (Fsp3) is 0.500. The Morgan fingerprint density at radius 3 is 2.88 bits per heavy atom. The minimum atomic E-state index is -0.424. The first-order valence-electron chi connectivity index (χ1n) is 2.22. The molecule has 0 aromatic rings. The van der Waals surface area contributed by atoms with E-state index in [4.69, 9.17) is 0 Å². The van der Waals surface area contributed by atoms with Gasteiger partial charge in [-0.25, -0.2) is 0 Å². The molecule has 0 saturated heterocycles. The van der Waals surface area contributed by atoms with Gasteiger partial charge in [-0.15, -0.1) is 0 Å². The lowest BCUT2D eigenvalue weighted by Crippen LogP contribution is -1.99. The summed E-state index contributed by atoms with van der Waals surface area (Å²) in [5.74, 6) is 0. The van der Waals surface area contributed by atoms with Gasteiger partial charge in [0.15, 0.2) is 0 Å². The molecular weight excluding hydrogens is 110 g/mol. The molecular formula is C4H5NO3. The molecule has 8 heavy (non-hydrogen) atoms. The Morgan fingerprint density at radius 2 is 2.62 bits per heavy atom. The van der Waals surface area contributed by atoms with E-state index in [0.29, 0.717) is 6.61 Å². The molecule has 0 fully saturated rings. The van der Waals surface area contributed by atoms with Crippen molar-refractivity contribution in [1.29, 1.82) is 0 Å². The topological polar surface area (TPSA) is 52.4 Å². The molecule has 0 aromatic carbocycles. The molecule has 0 aliphatic carbocycles. The summed E-state index contributed by atoms with van der Waals surface area (Å²) in [5.41, 5.74) is 0.171. The van der Waals surface area contributed by atoms with Crippen LogP contribution in [0.15, 0.2) is 11.8 Å². The molecule has 0 saturated carbocycles. The van der Waals surface area contributed by atoms with Crippen LogP contribution in [-0.4, -0.2) is 18.1 Å². The average molecular weight is 115 g/mol. The Balaban J connectivity index is 2.57. The second-order valence-electron chi connectivity index (χ2n) is 1.47. The number of nitrogens with zero attached hydrogens (tertiary/aromatic N) is 1. The van der Waals surface area contributed by atoms with Crippen molar-refractivity contribution in [1.82, 2.24) is 0 Å². The minimum Gasteiger partial charge on any atom is -0.366 e. The Labute approximate surface area is 45.9 Å². The van der Waals surface area contributed by atoms with Gasteiger partial charge in [0.05, 0.1) is 11.5 Å². The highest BCUT2D eigenvalue weighted by molar-refractivity contribution is 4.96. The smallest absolute Gasteiger partial charge is 0.270 e. The lowest BCUT2D eigenvalue weighted by atomic mass is 10.5. The van der Waals surface area contributed by atoms with E-state index in [0.717, 1.165) is 0 Å². The maximum Gasteiger partial charge on any atom is 0.270 e. The maximum atomic E-state index is 9.86. The molecule has 0 bridgehead atoms. The largest absolute Gasteiger partial charge is 0.366 e. The van der Waals surface area contributed by atoms with Crippen LogP contribution in [-0.2, 0) is 4.74 Å². The fourth-order valence-electron chi connectivity index (χ4n) is 0.505. The quantitative estimate of drug-likeness (QED) is 0.361. The molecule has 0 spiro atoms. The Hall–Kier alpha value is -0.900. The molecule has 44 valence electrons. The van der Waals surface area contributed by atoms with Gasteiger partial charge in [0.1, 0.15) is 6.61 Å². The van der Waals surface area contributed by atoms with Crippen LogP contribution < -0.4 is 0 Å². The number of hydrogen-bond acceptors (Lipinski definition) is 3. The summed E-state index contributed by atoms with van der Waals surface area (Å²) in [6, 6.07) is 0. The molecule has 1 heterocycles. The highest BCUT2D eigenvalue weighted by Crippen LogP contribution is 2.02. The van der Waals surface area contributed by atoms with Gasteiger partial charge in [-0.3, -0.25) is 10.1 Å². The van der Waals surface area contributed by atoms with Gasteiger partial charge in [-0.1, -0.05) is 0 Å². The Kier molecular flexibility index (Phi) is 1.26. The van der Waals surface area contributed by atoms with Crippen LogP contribution in [0.1, 0.15) is 0 Å². The number of hydrogen-bond donors (Lipinski definition) is 0. The number of nitro groups is 1. The molecule has 0 unspecified atom stereocenters. The molecule has 1 aliphatic heterocycles. The zero-order chi connectivity index (χ0) is 5.98. The van der Waals surface area contributed by atoms with Crippen molar-refractivity contribution in [3.63, 3.8) is 0 Å². The lowest BCUT2D eigenvalue weighted by Gasteiger charge is -1.85. The van der Waals surface area contributed by atoms with Crippen LogP contribution in [0.2, 0.25) is 0 Å². The highest BCUT2D eigenvalue weighted by atomic mass is 16.6. The van der Waals surface area contributed by atoms with E-state index in [-0.39, 0.29) is 12.3 Å². The Bertz CT molecular complexity index is 140. The van der Waals surface area contributed by atoms with Crippen LogP contribution in [0.25, 0.3) is 0 Å². The van der Waals surface area contributed by atoms with Crippen molar-refractivity contribution >= 4 is 0 Å². The normalized spacial score (nSPS) is 18.2. The second kappa shape index (κ2) is 1.92. The zero-order valence-corrected chi connectivity index (χ0v) is 4.16. The molecule has 0 aromatic heterocycles. The van der Waals surface area contributed by atoms with E-state index in [1.807, 2.05) is 0 Å². The first-order chi connectivity index (χ1) is 3.80. The van der Waals surface area contributed by atoms with Gasteiger partial charge in [-0.2, -0.15) is 0 Å². The van der Waals surface area contributed by atoms with Crippen molar-refractivity contribution in [2.75, 3.05) is 13.2 Å². The predicted octanol–water partition coefficient (Wildman–Crippen LogP) is 0.177. The van der Waals surface area contributed by atoms with Crippen molar-refractivity contribution in [2.24, 2.45) is 0 Å². The summed E-state index contributed by atoms with van der Waals surface area (Å²) in [7, 11) is 0. The monoisotopic (exact) mass is 115 g/mol. The van der Waals surface area contributed by atoms with Crippen LogP contribution >= 0.6 is 0 Å². The van der Waals surface area contributed by atoms with E-state index >= 15 is 0 Å². The summed E-state index contributed by atoms with van der Waals surface area (Å²) < 4.78 is 4.68. The van der Waals surface area contributed by atoms with Crippen LogP contribution in [0, 0.1) is 10.1 Å². The molecule has 0 N–H and O–H groups in total. The van der Waals surface area contributed by atoms with Gasteiger partial charge < -0.3 is 4.74 Å². The van der Waals surface area contributed by atoms with E-state index < -0.39 is 4.92 Å². The summed E-state index contributed by atoms with van der Waals surface area (Å²) >= 11 is 0. The molecule has 0 radical (unpaired) electrons. The molecule has 0 amide bonds. The third-order valence-electron chi connectivity index (χ3n) is 0.921. The fourth-order valence-corrected chi connectivity index (χ4v) is 0.505. The third-order valence-corrected chi connectivity index (χ3v) is 0.921. The van der Waals surface area contributed by atoms with E-state index in [1.54, 1.807) is 0 Å². The van der Waals surface area contributed by atoms with Crippen molar-refractivity contribution in [2.45, 2.75) is 0 Å². The first kappa shape index (κ1) is 5.24. The SMILES string of the molecule is O=[N+]([O-])C1=CCOC1. The molecule has 1 aliphatic rings.